The third kappa shape index (κ3) is 2.88. The first-order chi connectivity index (χ1) is 8.60. The lowest BCUT2D eigenvalue weighted by molar-refractivity contribution is -0.134. The van der Waals surface area contributed by atoms with E-state index in [0.717, 1.165) is 4.34 Å². The van der Waals surface area contributed by atoms with Crippen molar-refractivity contribution in [3.63, 3.8) is 0 Å². The van der Waals surface area contributed by atoms with E-state index in [2.05, 4.69) is 15.6 Å². The Balaban J connectivity index is 1.99. The molecule has 96 valence electrons. The van der Waals surface area contributed by atoms with Crippen LogP contribution in [0.4, 0.5) is 0 Å². The van der Waals surface area contributed by atoms with Crippen molar-refractivity contribution in [2.75, 3.05) is 6.26 Å². The van der Waals surface area contributed by atoms with Gasteiger partial charge in [0.25, 0.3) is 5.91 Å². The molecule has 1 aliphatic heterocycles. The maximum Gasteiger partial charge on any atom is 0.263 e. The number of piperidine rings is 1. The van der Waals surface area contributed by atoms with Gasteiger partial charge in [-0.1, -0.05) is 11.8 Å². The molecule has 2 rings (SSSR count). The first-order valence-corrected chi connectivity index (χ1v) is 7.28. The highest BCUT2D eigenvalue weighted by molar-refractivity contribution is 8.00. The Bertz CT molecular complexity index is 500. The highest BCUT2D eigenvalue weighted by atomic mass is 32.2. The lowest BCUT2D eigenvalue weighted by Gasteiger charge is -2.21. The molecule has 0 spiro atoms. The number of imide groups is 1. The summed E-state index contributed by atoms with van der Waals surface area (Å²) in [4.78, 5) is 38.8. The van der Waals surface area contributed by atoms with Gasteiger partial charge in [-0.25, -0.2) is 4.98 Å². The molecular formula is C10H11N3O3S2. The maximum absolute atomic E-state index is 11.9. The van der Waals surface area contributed by atoms with Crippen LogP contribution in [0.5, 0.6) is 0 Å². The van der Waals surface area contributed by atoms with Crippen LogP contribution < -0.4 is 10.6 Å². The molecule has 1 aromatic heterocycles. The Kier molecular flexibility index (Phi) is 3.97. The molecule has 3 amide bonds. The number of nitrogens with zero attached hydrogens (tertiary/aromatic N) is 1. The number of thioether (sulfide) groups is 1. The molecule has 1 unspecified atom stereocenters. The molecule has 1 aromatic rings. The zero-order chi connectivity index (χ0) is 13.1. The molecule has 1 fully saturated rings. The van der Waals surface area contributed by atoms with E-state index in [9.17, 15) is 14.4 Å². The van der Waals surface area contributed by atoms with Crippen molar-refractivity contribution in [3.05, 3.63) is 11.1 Å². The minimum absolute atomic E-state index is 0.245. The summed E-state index contributed by atoms with van der Waals surface area (Å²) in [7, 11) is 0. The Labute approximate surface area is 112 Å². The quantitative estimate of drug-likeness (QED) is 0.620. The van der Waals surface area contributed by atoms with Crippen molar-refractivity contribution >= 4 is 40.8 Å². The highest BCUT2D eigenvalue weighted by Gasteiger charge is 2.28. The molecule has 0 saturated carbocycles. The van der Waals surface area contributed by atoms with Gasteiger partial charge in [0.1, 0.15) is 15.3 Å². The van der Waals surface area contributed by atoms with Crippen molar-refractivity contribution in [1.29, 1.82) is 0 Å². The third-order valence-electron chi connectivity index (χ3n) is 2.43. The van der Waals surface area contributed by atoms with Crippen molar-refractivity contribution in [2.45, 2.75) is 23.2 Å². The fourth-order valence-corrected chi connectivity index (χ4v) is 2.83. The minimum Gasteiger partial charge on any atom is -0.339 e. The largest absolute Gasteiger partial charge is 0.339 e. The number of hydrogen-bond donors (Lipinski definition) is 2. The van der Waals surface area contributed by atoms with Crippen LogP contribution in [-0.4, -0.2) is 35.0 Å². The predicted octanol–water partition coefficient (Wildman–Crippen LogP) is 0.400. The Hall–Kier alpha value is -1.41. The summed E-state index contributed by atoms with van der Waals surface area (Å²) in [6.07, 6.45) is 3.94. The van der Waals surface area contributed by atoms with E-state index >= 15 is 0 Å². The summed E-state index contributed by atoms with van der Waals surface area (Å²) < 4.78 is 0.795. The van der Waals surface area contributed by atoms with Gasteiger partial charge in [0.05, 0.1) is 6.20 Å². The molecule has 8 heteroatoms. The van der Waals surface area contributed by atoms with Gasteiger partial charge >= 0.3 is 0 Å². The summed E-state index contributed by atoms with van der Waals surface area (Å²) in [5.74, 6) is -1.08. The summed E-state index contributed by atoms with van der Waals surface area (Å²) >= 11 is 2.73. The van der Waals surface area contributed by atoms with Gasteiger partial charge in [0.2, 0.25) is 11.8 Å². The Morgan fingerprint density at radius 3 is 3.00 bits per heavy atom. The van der Waals surface area contributed by atoms with Crippen LogP contribution in [0.1, 0.15) is 22.5 Å². The summed E-state index contributed by atoms with van der Waals surface area (Å²) in [5, 5.41) is 4.79. The van der Waals surface area contributed by atoms with Crippen LogP contribution in [0.2, 0.25) is 0 Å². The number of carbonyl (C=O) groups is 3. The molecule has 0 aromatic carbocycles. The summed E-state index contributed by atoms with van der Waals surface area (Å²) in [6.45, 7) is 0. The number of rotatable bonds is 3. The van der Waals surface area contributed by atoms with E-state index < -0.39 is 11.9 Å². The molecule has 1 aliphatic rings. The van der Waals surface area contributed by atoms with Crippen LogP contribution in [0.15, 0.2) is 10.5 Å². The van der Waals surface area contributed by atoms with Gasteiger partial charge in [0.15, 0.2) is 0 Å². The third-order valence-corrected chi connectivity index (χ3v) is 4.42. The van der Waals surface area contributed by atoms with E-state index in [0.29, 0.717) is 11.3 Å². The van der Waals surface area contributed by atoms with Crippen molar-refractivity contribution in [1.82, 2.24) is 15.6 Å². The molecule has 2 N–H and O–H groups in total. The monoisotopic (exact) mass is 285 g/mol. The fourth-order valence-electron chi connectivity index (χ4n) is 1.52. The molecule has 1 saturated heterocycles. The molecular weight excluding hydrogens is 274 g/mol. The van der Waals surface area contributed by atoms with Crippen molar-refractivity contribution < 1.29 is 14.4 Å². The SMILES string of the molecule is CSc1ncc(C(=O)NC2CCC(=O)NC2=O)s1. The summed E-state index contributed by atoms with van der Waals surface area (Å²) in [5.41, 5.74) is 0. The summed E-state index contributed by atoms with van der Waals surface area (Å²) in [6, 6.07) is -0.643. The predicted molar refractivity (Wildman–Crippen MR) is 67.5 cm³/mol. The van der Waals surface area contributed by atoms with Crippen LogP contribution in [0.25, 0.3) is 0 Å². The van der Waals surface area contributed by atoms with Crippen molar-refractivity contribution in [3.8, 4) is 0 Å². The zero-order valence-corrected chi connectivity index (χ0v) is 11.2. The second-order valence-electron chi connectivity index (χ2n) is 3.67. The van der Waals surface area contributed by atoms with Crippen LogP contribution in [0, 0.1) is 0 Å². The number of aromatic nitrogens is 1. The number of hydrogen-bond acceptors (Lipinski definition) is 6. The normalized spacial score (nSPS) is 19.5. The second-order valence-corrected chi connectivity index (χ2v) is 5.76. The molecule has 0 aliphatic carbocycles. The van der Waals surface area contributed by atoms with E-state index in [1.807, 2.05) is 6.26 Å². The smallest absolute Gasteiger partial charge is 0.263 e. The number of nitrogens with one attached hydrogen (secondary N) is 2. The standard InChI is InChI=1S/C10H11N3O3S2/c1-17-10-11-4-6(18-10)9(16)12-5-2-3-7(14)13-8(5)15/h4-5H,2-3H2,1H3,(H,12,16)(H,13,14,15). The molecule has 6 nitrogen and oxygen atoms in total. The molecule has 1 atom stereocenters. The average Bonchev–Trinajstić information content (AvgIpc) is 2.81. The molecule has 2 heterocycles. The lowest BCUT2D eigenvalue weighted by Crippen LogP contribution is -2.52. The van der Waals surface area contributed by atoms with E-state index in [1.165, 1.54) is 29.3 Å². The minimum atomic E-state index is -0.643. The highest BCUT2D eigenvalue weighted by Crippen LogP contribution is 2.21. The number of carbonyl (C=O) groups excluding carboxylic acids is 3. The van der Waals surface area contributed by atoms with E-state index in [4.69, 9.17) is 0 Å². The van der Waals surface area contributed by atoms with Crippen molar-refractivity contribution in [2.24, 2.45) is 0 Å². The maximum atomic E-state index is 11.9. The van der Waals surface area contributed by atoms with Gasteiger partial charge in [0, 0.05) is 6.42 Å². The number of thiazole rings is 1. The van der Waals surface area contributed by atoms with Gasteiger partial charge < -0.3 is 5.32 Å². The van der Waals surface area contributed by atoms with Gasteiger partial charge in [-0.15, -0.1) is 11.3 Å². The van der Waals surface area contributed by atoms with Gasteiger partial charge in [-0.2, -0.15) is 0 Å². The molecule has 18 heavy (non-hydrogen) atoms. The molecule has 0 radical (unpaired) electrons. The van der Waals surface area contributed by atoms with Crippen LogP contribution in [0.3, 0.4) is 0 Å². The van der Waals surface area contributed by atoms with Crippen LogP contribution >= 0.6 is 23.1 Å². The second kappa shape index (κ2) is 5.49. The van der Waals surface area contributed by atoms with E-state index in [1.54, 1.807) is 0 Å². The Morgan fingerprint density at radius 2 is 2.39 bits per heavy atom. The van der Waals surface area contributed by atoms with Gasteiger partial charge in [-0.05, 0) is 12.7 Å². The average molecular weight is 285 g/mol. The van der Waals surface area contributed by atoms with E-state index in [-0.39, 0.29) is 18.2 Å². The first kappa shape index (κ1) is 13.0. The first-order valence-electron chi connectivity index (χ1n) is 5.24. The topological polar surface area (TPSA) is 88.2 Å². The Morgan fingerprint density at radius 1 is 1.61 bits per heavy atom. The zero-order valence-electron chi connectivity index (χ0n) is 9.56. The van der Waals surface area contributed by atoms with Crippen LogP contribution in [-0.2, 0) is 9.59 Å². The lowest BCUT2D eigenvalue weighted by atomic mass is 10.1. The molecule has 0 bridgehead atoms. The fraction of sp³-hybridized carbons (Fsp3) is 0.400. The van der Waals surface area contributed by atoms with Gasteiger partial charge in [-0.3, -0.25) is 19.7 Å². The number of amides is 3.